The van der Waals surface area contributed by atoms with E-state index in [1.54, 1.807) is 6.20 Å². The number of carboxylic acid groups (broad SMARTS) is 1. The Kier molecular flexibility index (Phi) is 5.05. The zero-order chi connectivity index (χ0) is 15.6. The zero-order valence-electron chi connectivity index (χ0n) is 11.2. The first-order chi connectivity index (χ1) is 9.93. The second-order valence-electron chi connectivity index (χ2n) is 4.67. The normalized spacial score (nSPS) is 12.3. The van der Waals surface area contributed by atoms with E-state index in [4.69, 9.17) is 5.11 Å². The minimum atomic E-state index is -1.02. The number of aromatic amines is 1. The molecule has 0 unspecified atom stereocenters. The molecule has 0 fully saturated rings. The molecular formula is C14H14Br2N2O3. The molecule has 2 rings (SSSR count). The summed E-state index contributed by atoms with van der Waals surface area (Å²) in [6.07, 6.45) is 2.67. The van der Waals surface area contributed by atoms with Crippen LogP contribution in [0.3, 0.4) is 0 Å². The third-order valence-corrected chi connectivity index (χ3v) is 4.99. The van der Waals surface area contributed by atoms with Gasteiger partial charge in [-0.15, -0.1) is 0 Å². The second-order valence-corrected chi connectivity index (χ2v) is 6.38. The maximum absolute atomic E-state index is 12.3. The van der Waals surface area contributed by atoms with Gasteiger partial charge in [-0.3, -0.25) is 4.79 Å². The van der Waals surface area contributed by atoms with Gasteiger partial charge in [0.05, 0.1) is 5.56 Å². The van der Waals surface area contributed by atoms with Crippen molar-refractivity contribution in [3.8, 4) is 0 Å². The monoisotopic (exact) mass is 416 g/mol. The van der Waals surface area contributed by atoms with Crippen molar-refractivity contribution >= 4 is 54.6 Å². The summed E-state index contributed by atoms with van der Waals surface area (Å²) in [6.45, 7) is 1.88. The molecule has 0 aliphatic heterocycles. The van der Waals surface area contributed by atoms with Gasteiger partial charge in [-0.05, 0) is 50.4 Å². The summed E-state index contributed by atoms with van der Waals surface area (Å²) in [7, 11) is 0. The molecule has 1 heterocycles. The van der Waals surface area contributed by atoms with Crippen LogP contribution in [-0.2, 0) is 4.79 Å². The summed E-state index contributed by atoms with van der Waals surface area (Å²) in [5.41, 5.74) is 1.23. The van der Waals surface area contributed by atoms with Crippen LogP contribution in [0, 0.1) is 0 Å². The smallest absolute Gasteiger partial charge is 0.326 e. The van der Waals surface area contributed by atoms with Gasteiger partial charge in [0.1, 0.15) is 6.04 Å². The SMILES string of the molecule is CCC[C@@H](NC(=O)c1c[nH]c2cc(Br)c(Br)cc12)C(=O)O. The van der Waals surface area contributed by atoms with Gasteiger partial charge in [0, 0.05) is 26.0 Å². The maximum atomic E-state index is 12.3. The van der Waals surface area contributed by atoms with Crippen molar-refractivity contribution in [2.75, 3.05) is 0 Å². The van der Waals surface area contributed by atoms with Crippen molar-refractivity contribution < 1.29 is 14.7 Å². The number of rotatable bonds is 5. The summed E-state index contributed by atoms with van der Waals surface area (Å²) < 4.78 is 1.70. The van der Waals surface area contributed by atoms with E-state index in [-0.39, 0.29) is 0 Å². The van der Waals surface area contributed by atoms with E-state index in [2.05, 4.69) is 42.2 Å². The van der Waals surface area contributed by atoms with Crippen molar-refractivity contribution in [3.63, 3.8) is 0 Å². The molecule has 1 amide bonds. The number of carbonyl (C=O) groups excluding carboxylic acids is 1. The number of hydrogen-bond donors (Lipinski definition) is 3. The minimum absolute atomic E-state index is 0.392. The van der Waals surface area contributed by atoms with E-state index in [1.165, 1.54) is 0 Å². The van der Waals surface area contributed by atoms with Crippen LogP contribution in [0.1, 0.15) is 30.1 Å². The molecule has 21 heavy (non-hydrogen) atoms. The number of benzene rings is 1. The molecule has 112 valence electrons. The Bertz CT molecular complexity index is 697. The number of aromatic nitrogens is 1. The van der Waals surface area contributed by atoms with Crippen molar-refractivity contribution in [2.24, 2.45) is 0 Å². The fraction of sp³-hybridized carbons (Fsp3) is 0.286. The van der Waals surface area contributed by atoms with Crippen LogP contribution in [0.25, 0.3) is 10.9 Å². The summed E-state index contributed by atoms with van der Waals surface area (Å²) in [6, 6.07) is 2.81. The number of carboxylic acids is 1. The number of fused-ring (bicyclic) bond motifs is 1. The fourth-order valence-electron chi connectivity index (χ4n) is 2.09. The molecule has 1 atom stereocenters. The highest BCUT2D eigenvalue weighted by atomic mass is 79.9. The Morgan fingerprint density at radius 1 is 1.33 bits per heavy atom. The lowest BCUT2D eigenvalue weighted by molar-refractivity contribution is -0.139. The topological polar surface area (TPSA) is 82.2 Å². The van der Waals surface area contributed by atoms with Gasteiger partial charge in [-0.25, -0.2) is 4.79 Å². The minimum Gasteiger partial charge on any atom is -0.480 e. The molecule has 3 N–H and O–H groups in total. The van der Waals surface area contributed by atoms with Crippen LogP contribution in [0.2, 0.25) is 0 Å². The van der Waals surface area contributed by atoms with E-state index in [1.807, 2.05) is 19.1 Å². The summed E-state index contributed by atoms with van der Waals surface area (Å²) in [5.74, 6) is -1.41. The summed E-state index contributed by atoms with van der Waals surface area (Å²) in [5, 5.41) is 12.4. The van der Waals surface area contributed by atoms with E-state index in [9.17, 15) is 9.59 Å². The first-order valence-corrected chi connectivity index (χ1v) is 8.02. The number of halogens is 2. The van der Waals surface area contributed by atoms with Crippen LogP contribution in [0.15, 0.2) is 27.3 Å². The molecule has 7 heteroatoms. The first kappa shape index (κ1) is 16.0. The van der Waals surface area contributed by atoms with Crippen molar-refractivity contribution in [1.82, 2.24) is 10.3 Å². The largest absolute Gasteiger partial charge is 0.480 e. The van der Waals surface area contributed by atoms with E-state index < -0.39 is 17.9 Å². The van der Waals surface area contributed by atoms with E-state index in [0.717, 1.165) is 19.8 Å². The average molecular weight is 418 g/mol. The Morgan fingerprint density at radius 2 is 2.00 bits per heavy atom. The lowest BCUT2D eigenvalue weighted by atomic mass is 10.1. The molecule has 2 aromatic rings. The van der Waals surface area contributed by atoms with Gasteiger partial charge in [0.2, 0.25) is 0 Å². The molecule has 1 aromatic carbocycles. The predicted molar refractivity (Wildman–Crippen MR) is 87.5 cm³/mol. The fourth-order valence-corrected chi connectivity index (χ4v) is 2.77. The van der Waals surface area contributed by atoms with Gasteiger partial charge < -0.3 is 15.4 Å². The Balaban J connectivity index is 2.31. The molecule has 0 aliphatic rings. The summed E-state index contributed by atoms with van der Waals surface area (Å²) in [4.78, 5) is 26.4. The van der Waals surface area contributed by atoms with Crippen molar-refractivity contribution in [1.29, 1.82) is 0 Å². The van der Waals surface area contributed by atoms with Crippen LogP contribution >= 0.6 is 31.9 Å². The summed E-state index contributed by atoms with van der Waals surface area (Å²) >= 11 is 6.79. The highest BCUT2D eigenvalue weighted by molar-refractivity contribution is 9.13. The molecule has 0 bridgehead atoms. The highest BCUT2D eigenvalue weighted by Gasteiger charge is 2.21. The quantitative estimate of drug-likeness (QED) is 0.693. The highest BCUT2D eigenvalue weighted by Crippen LogP contribution is 2.30. The molecule has 5 nitrogen and oxygen atoms in total. The third-order valence-electron chi connectivity index (χ3n) is 3.15. The van der Waals surface area contributed by atoms with E-state index >= 15 is 0 Å². The van der Waals surface area contributed by atoms with Gasteiger partial charge in [-0.2, -0.15) is 0 Å². The van der Waals surface area contributed by atoms with Crippen molar-refractivity contribution in [2.45, 2.75) is 25.8 Å². The molecule has 0 saturated heterocycles. The molecule has 0 radical (unpaired) electrons. The van der Waals surface area contributed by atoms with Gasteiger partial charge in [-0.1, -0.05) is 13.3 Å². The number of amides is 1. The molecule has 0 aliphatic carbocycles. The van der Waals surface area contributed by atoms with Crippen LogP contribution in [0.5, 0.6) is 0 Å². The molecule has 0 spiro atoms. The Labute approximate surface area is 138 Å². The van der Waals surface area contributed by atoms with Gasteiger partial charge in [0.15, 0.2) is 0 Å². The second kappa shape index (κ2) is 6.62. The molecular weight excluding hydrogens is 404 g/mol. The standard InChI is InChI=1S/C14H14Br2N2O3/c1-2-3-11(14(20)21)18-13(19)8-6-17-12-5-10(16)9(15)4-7(8)12/h4-6,11,17H,2-3H2,1H3,(H,18,19)(H,20,21)/t11-/m1/s1. The number of carbonyl (C=O) groups is 2. The number of hydrogen-bond acceptors (Lipinski definition) is 2. The van der Waals surface area contributed by atoms with Crippen LogP contribution in [-0.4, -0.2) is 28.0 Å². The Morgan fingerprint density at radius 3 is 2.62 bits per heavy atom. The third kappa shape index (κ3) is 3.47. The number of nitrogens with one attached hydrogen (secondary N) is 2. The predicted octanol–water partition coefficient (Wildman–Crippen LogP) is 3.68. The first-order valence-electron chi connectivity index (χ1n) is 6.43. The Hall–Kier alpha value is -1.34. The number of aliphatic carboxylic acids is 1. The molecule has 1 aromatic heterocycles. The lowest BCUT2D eigenvalue weighted by Crippen LogP contribution is -2.40. The van der Waals surface area contributed by atoms with Crippen LogP contribution < -0.4 is 5.32 Å². The number of H-pyrrole nitrogens is 1. The maximum Gasteiger partial charge on any atom is 0.326 e. The van der Waals surface area contributed by atoms with E-state index in [0.29, 0.717) is 18.4 Å². The van der Waals surface area contributed by atoms with Gasteiger partial charge >= 0.3 is 5.97 Å². The zero-order valence-corrected chi connectivity index (χ0v) is 14.4. The van der Waals surface area contributed by atoms with Crippen LogP contribution in [0.4, 0.5) is 0 Å². The average Bonchev–Trinajstić information content (AvgIpc) is 2.81. The van der Waals surface area contributed by atoms with Gasteiger partial charge in [0.25, 0.3) is 5.91 Å². The van der Waals surface area contributed by atoms with Crippen molar-refractivity contribution in [3.05, 3.63) is 32.8 Å². The lowest BCUT2D eigenvalue weighted by Gasteiger charge is -2.13. The molecule has 0 saturated carbocycles.